The van der Waals surface area contributed by atoms with E-state index in [1.165, 1.54) is 5.01 Å². The molecule has 2 atom stereocenters. The van der Waals surface area contributed by atoms with Crippen molar-refractivity contribution in [2.24, 2.45) is 5.10 Å². The van der Waals surface area contributed by atoms with E-state index in [-0.39, 0.29) is 24.5 Å². The SMILES string of the molecule is O=C1C2CCCN2C(=O)N1CC(=O)N1N=C(c2cccs2)CC1c1ccco1. The average Bonchev–Trinajstić information content (AvgIpc) is 3.50. The van der Waals surface area contributed by atoms with Gasteiger partial charge in [-0.1, -0.05) is 6.07 Å². The molecule has 0 bridgehead atoms. The molecule has 5 rings (SSSR count). The fourth-order valence-electron chi connectivity index (χ4n) is 4.07. The number of amides is 4. The molecule has 0 aromatic carbocycles. The number of nitrogens with zero attached hydrogens (tertiary/aromatic N) is 4. The molecule has 2 unspecified atom stereocenters. The van der Waals surface area contributed by atoms with Crippen molar-refractivity contribution in [2.45, 2.75) is 31.3 Å². The van der Waals surface area contributed by atoms with Crippen LogP contribution in [0.3, 0.4) is 0 Å². The van der Waals surface area contributed by atoms with E-state index in [4.69, 9.17) is 4.42 Å². The van der Waals surface area contributed by atoms with Gasteiger partial charge >= 0.3 is 6.03 Å². The highest BCUT2D eigenvalue weighted by molar-refractivity contribution is 7.12. The molecule has 0 radical (unpaired) electrons. The van der Waals surface area contributed by atoms with Crippen LogP contribution in [0.25, 0.3) is 0 Å². The third kappa shape index (κ3) is 2.65. The number of carbonyl (C=O) groups excluding carboxylic acids is 3. The zero-order chi connectivity index (χ0) is 19.3. The number of carbonyl (C=O) groups is 3. The van der Waals surface area contributed by atoms with E-state index in [0.717, 1.165) is 21.9 Å². The number of thiophene rings is 1. The van der Waals surface area contributed by atoms with Crippen LogP contribution in [-0.2, 0) is 9.59 Å². The molecule has 3 aliphatic heterocycles. The topological polar surface area (TPSA) is 86.4 Å². The summed E-state index contributed by atoms with van der Waals surface area (Å²) in [5.41, 5.74) is 0.796. The van der Waals surface area contributed by atoms with E-state index in [2.05, 4.69) is 5.10 Å². The number of rotatable bonds is 4. The van der Waals surface area contributed by atoms with Gasteiger partial charge in [-0.05, 0) is 36.4 Å². The quantitative estimate of drug-likeness (QED) is 0.741. The van der Waals surface area contributed by atoms with Gasteiger partial charge in [-0.3, -0.25) is 14.5 Å². The van der Waals surface area contributed by atoms with Gasteiger partial charge in [0.05, 0.1) is 16.9 Å². The zero-order valence-electron chi connectivity index (χ0n) is 15.0. The highest BCUT2D eigenvalue weighted by Gasteiger charge is 2.48. The second-order valence-electron chi connectivity index (χ2n) is 7.06. The lowest BCUT2D eigenvalue weighted by Crippen LogP contribution is -2.42. The highest BCUT2D eigenvalue weighted by Crippen LogP contribution is 2.35. The molecular formula is C19H18N4O4S. The summed E-state index contributed by atoms with van der Waals surface area (Å²) in [5.74, 6) is -0.0498. The highest BCUT2D eigenvalue weighted by atomic mass is 32.1. The van der Waals surface area contributed by atoms with Gasteiger partial charge < -0.3 is 9.32 Å². The number of furan rings is 1. The minimum atomic E-state index is -0.412. The lowest BCUT2D eigenvalue weighted by Gasteiger charge is -2.22. The average molecular weight is 398 g/mol. The Morgan fingerprint density at radius 1 is 1.25 bits per heavy atom. The number of hydrogen-bond acceptors (Lipinski definition) is 6. The van der Waals surface area contributed by atoms with Crippen molar-refractivity contribution < 1.29 is 18.8 Å². The van der Waals surface area contributed by atoms with Crippen LogP contribution in [0.5, 0.6) is 0 Å². The summed E-state index contributed by atoms with van der Waals surface area (Å²) in [7, 11) is 0. The Kier molecular flexibility index (Phi) is 4.04. The van der Waals surface area contributed by atoms with Gasteiger partial charge in [-0.2, -0.15) is 5.10 Å². The van der Waals surface area contributed by atoms with Crippen LogP contribution in [0.1, 0.15) is 35.9 Å². The molecule has 144 valence electrons. The summed E-state index contributed by atoms with van der Waals surface area (Å²) in [4.78, 5) is 41.7. The maximum absolute atomic E-state index is 13.0. The molecule has 5 heterocycles. The molecule has 4 amide bonds. The first kappa shape index (κ1) is 17.2. The Morgan fingerprint density at radius 3 is 2.86 bits per heavy atom. The molecule has 28 heavy (non-hydrogen) atoms. The third-order valence-corrected chi connectivity index (χ3v) is 6.34. The van der Waals surface area contributed by atoms with Crippen LogP contribution in [0.15, 0.2) is 45.4 Å². The monoisotopic (exact) mass is 398 g/mol. The van der Waals surface area contributed by atoms with Gasteiger partial charge in [0, 0.05) is 13.0 Å². The third-order valence-electron chi connectivity index (χ3n) is 5.42. The van der Waals surface area contributed by atoms with Crippen molar-refractivity contribution in [1.82, 2.24) is 14.8 Å². The van der Waals surface area contributed by atoms with Gasteiger partial charge in [0.1, 0.15) is 24.4 Å². The molecule has 0 spiro atoms. The number of hydrogen-bond donors (Lipinski definition) is 0. The fourth-order valence-corrected chi connectivity index (χ4v) is 4.79. The molecule has 0 saturated carbocycles. The first-order chi connectivity index (χ1) is 13.6. The minimum absolute atomic E-state index is 0.285. The maximum atomic E-state index is 13.0. The Morgan fingerprint density at radius 2 is 2.14 bits per heavy atom. The normalized spacial score (nSPS) is 24.3. The number of fused-ring (bicyclic) bond motifs is 1. The van der Waals surface area contributed by atoms with E-state index >= 15 is 0 Å². The number of imide groups is 1. The largest absolute Gasteiger partial charge is 0.467 e. The second kappa shape index (κ2) is 6.59. The van der Waals surface area contributed by atoms with Gasteiger partial charge in [-0.15, -0.1) is 11.3 Å². The molecule has 0 aliphatic carbocycles. The molecule has 8 nitrogen and oxygen atoms in total. The Bertz CT molecular complexity index is 931. The summed E-state index contributed by atoms with van der Waals surface area (Å²) >= 11 is 1.55. The van der Waals surface area contributed by atoms with Gasteiger partial charge in [0.25, 0.3) is 11.8 Å². The first-order valence-electron chi connectivity index (χ1n) is 9.22. The van der Waals surface area contributed by atoms with Gasteiger partial charge in [0.2, 0.25) is 0 Å². The van der Waals surface area contributed by atoms with E-state index in [9.17, 15) is 14.4 Å². The summed E-state index contributed by atoms with van der Waals surface area (Å²) in [5, 5.41) is 7.84. The fraction of sp³-hybridized carbons (Fsp3) is 0.368. The van der Waals surface area contributed by atoms with Crippen molar-refractivity contribution in [1.29, 1.82) is 0 Å². The Balaban J connectivity index is 1.40. The van der Waals surface area contributed by atoms with E-state index in [0.29, 0.717) is 25.1 Å². The van der Waals surface area contributed by atoms with Crippen LogP contribution in [-0.4, -0.2) is 57.5 Å². The summed E-state index contributed by atoms with van der Waals surface area (Å²) < 4.78 is 5.52. The van der Waals surface area contributed by atoms with Crippen molar-refractivity contribution in [2.75, 3.05) is 13.1 Å². The summed E-state index contributed by atoms with van der Waals surface area (Å²) in [6.07, 6.45) is 3.57. The number of hydrazone groups is 1. The van der Waals surface area contributed by atoms with Crippen LogP contribution in [0, 0.1) is 0 Å². The first-order valence-corrected chi connectivity index (χ1v) is 10.1. The van der Waals surface area contributed by atoms with Crippen molar-refractivity contribution >= 4 is 34.9 Å². The minimum Gasteiger partial charge on any atom is -0.467 e. The molecule has 2 aromatic rings. The number of urea groups is 1. The van der Waals surface area contributed by atoms with Crippen molar-refractivity contribution in [3.63, 3.8) is 0 Å². The van der Waals surface area contributed by atoms with Crippen molar-refractivity contribution in [3.05, 3.63) is 46.5 Å². The molecule has 2 saturated heterocycles. The molecular weight excluding hydrogens is 380 g/mol. The summed E-state index contributed by atoms with van der Waals surface area (Å²) in [6.45, 7) is 0.266. The van der Waals surface area contributed by atoms with Crippen LogP contribution in [0.2, 0.25) is 0 Å². The van der Waals surface area contributed by atoms with Crippen LogP contribution >= 0.6 is 11.3 Å². The molecule has 0 N–H and O–H groups in total. The molecule has 9 heteroatoms. The molecule has 2 fully saturated rings. The predicted molar refractivity (Wildman–Crippen MR) is 101 cm³/mol. The van der Waals surface area contributed by atoms with Crippen LogP contribution < -0.4 is 0 Å². The van der Waals surface area contributed by atoms with Crippen LogP contribution in [0.4, 0.5) is 4.79 Å². The smallest absolute Gasteiger partial charge is 0.327 e. The van der Waals surface area contributed by atoms with E-state index in [1.54, 1.807) is 34.6 Å². The van der Waals surface area contributed by atoms with Gasteiger partial charge in [0.15, 0.2) is 0 Å². The summed E-state index contributed by atoms with van der Waals surface area (Å²) in [6, 6.07) is 6.29. The second-order valence-corrected chi connectivity index (χ2v) is 8.00. The Labute approximate surface area is 165 Å². The zero-order valence-corrected chi connectivity index (χ0v) is 15.8. The van der Waals surface area contributed by atoms with E-state index < -0.39 is 11.9 Å². The van der Waals surface area contributed by atoms with E-state index in [1.807, 2.05) is 17.5 Å². The maximum Gasteiger partial charge on any atom is 0.327 e. The van der Waals surface area contributed by atoms with Crippen molar-refractivity contribution in [3.8, 4) is 0 Å². The van der Waals surface area contributed by atoms with Gasteiger partial charge in [-0.25, -0.2) is 9.80 Å². The lowest BCUT2D eigenvalue weighted by atomic mass is 10.1. The molecule has 3 aliphatic rings. The Hall–Kier alpha value is -2.94. The standard InChI is InChI=1S/C19H18N4O4S/c24-17(11-22-18(25)13-4-1-7-21(13)19(22)26)23-14(15-5-2-8-27-15)10-12(20-23)16-6-3-9-28-16/h2-3,5-6,8-9,13-14H,1,4,7,10-11H2. The lowest BCUT2D eigenvalue weighted by molar-refractivity contribution is -0.138. The predicted octanol–water partition coefficient (Wildman–Crippen LogP) is 2.45. The molecule has 2 aromatic heterocycles.